The van der Waals surface area contributed by atoms with Gasteiger partial charge < -0.3 is 9.57 Å². The van der Waals surface area contributed by atoms with Gasteiger partial charge in [-0.3, -0.25) is 0 Å². The lowest BCUT2D eigenvalue weighted by molar-refractivity contribution is 0.0502. The van der Waals surface area contributed by atoms with Crippen LogP contribution in [-0.2, 0) is 4.84 Å². The number of ether oxygens (including phenoxy) is 1. The van der Waals surface area contributed by atoms with Gasteiger partial charge in [-0.05, 0) is 47.7 Å². The number of hydrogen-bond acceptors (Lipinski definition) is 3. The fraction of sp³-hybridized carbons (Fsp3) is 0.200. The molecular formula is C20H18Cl3NO2. The largest absolute Gasteiger partial charge is 0.489 e. The zero-order chi connectivity index (χ0) is 18.7. The van der Waals surface area contributed by atoms with Gasteiger partial charge in [0, 0.05) is 10.4 Å². The molecular weight excluding hydrogens is 393 g/mol. The molecule has 0 fully saturated rings. The van der Waals surface area contributed by atoms with Crippen LogP contribution in [-0.4, -0.2) is 19.8 Å². The molecule has 1 atom stereocenters. The van der Waals surface area contributed by atoms with Crippen molar-refractivity contribution in [2.75, 3.05) is 13.7 Å². The molecule has 1 unspecified atom stereocenters. The highest BCUT2D eigenvalue weighted by Gasteiger charge is 2.14. The van der Waals surface area contributed by atoms with Gasteiger partial charge in [0.2, 0.25) is 0 Å². The Kier molecular flexibility index (Phi) is 6.28. The number of halogens is 3. The summed E-state index contributed by atoms with van der Waals surface area (Å²) in [4.78, 5) is 4.88. The highest BCUT2D eigenvalue weighted by Crippen LogP contribution is 2.40. The first-order valence-corrected chi connectivity index (χ1v) is 9.22. The molecule has 3 aromatic rings. The van der Waals surface area contributed by atoms with E-state index in [1.54, 1.807) is 7.11 Å². The Morgan fingerprint density at radius 3 is 2.35 bits per heavy atom. The molecule has 0 bridgehead atoms. The minimum Gasteiger partial charge on any atom is -0.489 e. The highest BCUT2D eigenvalue weighted by atomic mass is 35.5. The van der Waals surface area contributed by atoms with Crippen molar-refractivity contribution in [3.63, 3.8) is 0 Å². The molecule has 3 nitrogen and oxygen atoms in total. The van der Waals surface area contributed by atoms with E-state index in [1.807, 2.05) is 49.4 Å². The molecule has 6 heteroatoms. The van der Waals surface area contributed by atoms with E-state index >= 15 is 0 Å². The van der Waals surface area contributed by atoms with E-state index in [0.29, 0.717) is 27.4 Å². The second-order valence-corrected chi connectivity index (χ2v) is 7.20. The van der Waals surface area contributed by atoms with E-state index < -0.39 is 0 Å². The molecule has 0 spiro atoms. The van der Waals surface area contributed by atoms with Crippen LogP contribution in [0.5, 0.6) is 5.75 Å². The number of hydroxylamine groups is 1. The Hall–Kier alpha value is -1.49. The molecule has 136 valence electrons. The van der Waals surface area contributed by atoms with E-state index in [1.165, 1.54) is 0 Å². The van der Waals surface area contributed by atoms with Crippen LogP contribution >= 0.6 is 34.8 Å². The van der Waals surface area contributed by atoms with Crippen LogP contribution in [0, 0.1) is 0 Å². The van der Waals surface area contributed by atoms with Gasteiger partial charge in [0.25, 0.3) is 0 Å². The molecule has 0 aliphatic heterocycles. The molecule has 0 aromatic heterocycles. The summed E-state index contributed by atoms with van der Waals surface area (Å²) in [5.41, 5.74) is 4.94. The normalized spacial score (nSPS) is 12.3. The van der Waals surface area contributed by atoms with Crippen molar-refractivity contribution in [1.29, 1.82) is 0 Å². The fourth-order valence-corrected chi connectivity index (χ4v) is 3.48. The Bertz CT molecular complexity index is 913. The first kappa shape index (κ1) is 19.3. The predicted octanol–water partition coefficient (Wildman–Crippen LogP) is 6.39. The first-order valence-electron chi connectivity index (χ1n) is 8.08. The van der Waals surface area contributed by atoms with Crippen LogP contribution in [0.4, 0.5) is 0 Å². The average molecular weight is 411 g/mol. The molecule has 0 aliphatic carbocycles. The third-order valence-electron chi connectivity index (χ3n) is 3.96. The second kappa shape index (κ2) is 8.47. The molecule has 3 aromatic carbocycles. The lowest BCUT2D eigenvalue weighted by Gasteiger charge is -2.16. The molecule has 0 heterocycles. The summed E-state index contributed by atoms with van der Waals surface area (Å²) in [7, 11) is 1.56. The van der Waals surface area contributed by atoms with Crippen LogP contribution < -0.4 is 10.2 Å². The second-order valence-electron chi connectivity index (χ2n) is 5.98. The number of hydrogen-bond donors (Lipinski definition) is 1. The van der Waals surface area contributed by atoms with Crippen molar-refractivity contribution in [3.05, 3.63) is 63.6 Å². The Labute approximate surface area is 167 Å². The maximum absolute atomic E-state index is 6.55. The number of fused-ring (bicyclic) bond motifs is 1. The van der Waals surface area contributed by atoms with Crippen LogP contribution in [0.1, 0.15) is 6.92 Å². The molecule has 0 radical (unpaired) electrons. The maximum Gasteiger partial charge on any atom is 0.157 e. The van der Waals surface area contributed by atoms with Gasteiger partial charge in [0.15, 0.2) is 5.75 Å². The number of benzene rings is 3. The number of nitrogens with one attached hydrogen (secondary N) is 1. The third kappa shape index (κ3) is 4.25. The van der Waals surface area contributed by atoms with Gasteiger partial charge in [0.1, 0.15) is 6.61 Å². The van der Waals surface area contributed by atoms with Gasteiger partial charge >= 0.3 is 0 Å². The van der Waals surface area contributed by atoms with E-state index in [9.17, 15) is 0 Å². The first-order chi connectivity index (χ1) is 12.5. The van der Waals surface area contributed by atoms with E-state index in [0.717, 1.165) is 21.9 Å². The smallest absolute Gasteiger partial charge is 0.157 e. The summed E-state index contributed by atoms with van der Waals surface area (Å²) in [5, 5.41) is 3.51. The minimum absolute atomic E-state index is 0.00453. The summed E-state index contributed by atoms with van der Waals surface area (Å²) in [5.74, 6) is 0.477. The van der Waals surface area contributed by atoms with E-state index in [4.69, 9.17) is 44.4 Å². The van der Waals surface area contributed by atoms with Crippen molar-refractivity contribution in [3.8, 4) is 16.9 Å². The summed E-state index contributed by atoms with van der Waals surface area (Å²) < 4.78 is 5.80. The Morgan fingerprint density at radius 2 is 1.65 bits per heavy atom. The monoisotopic (exact) mass is 409 g/mol. The summed E-state index contributed by atoms with van der Waals surface area (Å²) in [6.45, 7) is 2.31. The van der Waals surface area contributed by atoms with E-state index in [-0.39, 0.29) is 6.04 Å². The highest BCUT2D eigenvalue weighted by molar-refractivity contribution is 6.41. The molecule has 0 amide bonds. The van der Waals surface area contributed by atoms with Crippen molar-refractivity contribution >= 4 is 45.6 Å². The quantitative estimate of drug-likeness (QED) is 0.478. The van der Waals surface area contributed by atoms with Crippen LogP contribution in [0.2, 0.25) is 15.1 Å². The predicted molar refractivity (Wildman–Crippen MR) is 110 cm³/mol. The fourth-order valence-electron chi connectivity index (χ4n) is 2.71. The standard InChI is InChI=1S/C20H18Cl3NO2/c1-12(24-25-2)11-26-20-18(22)10-15-9-14(5-8-17(15)19(20)23)13-3-6-16(21)7-4-13/h3-10,12,24H,11H2,1-2H3. The lowest BCUT2D eigenvalue weighted by atomic mass is 10.0. The van der Waals surface area contributed by atoms with E-state index in [2.05, 4.69) is 11.5 Å². The third-order valence-corrected chi connectivity index (χ3v) is 4.87. The van der Waals surface area contributed by atoms with Crippen molar-refractivity contribution in [2.45, 2.75) is 13.0 Å². The van der Waals surface area contributed by atoms with Crippen LogP contribution in [0.15, 0.2) is 48.5 Å². The van der Waals surface area contributed by atoms with Gasteiger partial charge in [-0.15, -0.1) is 0 Å². The maximum atomic E-state index is 6.55. The molecule has 26 heavy (non-hydrogen) atoms. The SMILES string of the molecule is CONC(C)COc1c(Cl)cc2cc(-c3ccc(Cl)cc3)ccc2c1Cl. The molecule has 3 rings (SSSR count). The van der Waals surface area contributed by atoms with Crippen LogP contribution in [0.3, 0.4) is 0 Å². The summed E-state index contributed by atoms with van der Waals surface area (Å²) in [6.07, 6.45) is 0. The summed E-state index contributed by atoms with van der Waals surface area (Å²) in [6, 6.07) is 15.6. The lowest BCUT2D eigenvalue weighted by Crippen LogP contribution is -2.30. The molecule has 0 saturated heterocycles. The topological polar surface area (TPSA) is 30.5 Å². The van der Waals surface area contributed by atoms with Gasteiger partial charge in [0.05, 0.1) is 23.2 Å². The molecule has 0 aliphatic rings. The minimum atomic E-state index is -0.00453. The van der Waals surface area contributed by atoms with Gasteiger partial charge in [-0.2, -0.15) is 5.48 Å². The number of rotatable bonds is 6. The summed E-state index contributed by atoms with van der Waals surface area (Å²) >= 11 is 18.9. The van der Waals surface area contributed by atoms with Crippen molar-refractivity contribution in [2.24, 2.45) is 0 Å². The Morgan fingerprint density at radius 1 is 0.962 bits per heavy atom. The van der Waals surface area contributed by atoms with Crippen LogP contribution in [0.25, 0.3) is 21.9 Å². The van der Waals surface area contributed by atoms with Crippen molar-refractivity contribution in [1.82, 2.24) is 5.48 Å². The zero-order valence-corrected chi connectivity index (χ0v) is 16.6. The van der Waals surface area contributed by atoms with Gasteiger partial charge in [-0.25, -0.2) is 0 Å². The van der Waals surface area contributed by atoms with Gasteiger partial charge in [-0.1, -0.05) is 59.1 Å². The van der Waals surface area contributed by atoms with Crippen molar-refractivity contribution < 1.29 is 9.57 Å². The molecule has 1 N–H and O–H groups in total. The molecule has 0 saturated carbocycles. The zero-order valence-electron chi connectivity index (χ0n) is 14.4. The Balaban J connectivity index is 1.94. The average Bonchev–Trinajstić information content (AvgIpc) is 2.62.